The van der Waals surface area contributed by atoms with Crippen molar-refractivity contribution in [3.8, 4) is 11.1 Å². The van der Waals surface area contributed by atoms with Crippen LogP contribution in [-0.4, -0.2) is 73.8 Å². The minimum Gasteiger partial charge on any atom is -0.448 e. The van der Waals surface area contributed by atoms with Gasteiger partial charge in [-0.1, -0.05) is 106 Å². The van der Waals surface area contributed by atoms with Crippen molar-refractivity contribution >= 4 is 26.4 Å². The second-order valence-electron chi connectivity index (χ2n) is 15.7. The average molecular weight is 714 g/mol. The first-order valence-corrected chi connectivity index (χ1v) is 20.3. The Balaban J connectivity index is 1.48. The van der Waals surface area contributed by atoms with Crippen molar-refractivity contribution in [2.24, 2.45) is 5.73 Å². The van der Waals surface area contributed by atoms with E-state index >= 15 is 0 Å². The number of hydrogen-bond donors (Lipinski definition) is 1. The molecule has 0 fully saturated rings. The van der Waals surface area contributed by atoms with E-state index in [1.54, 1.807) is 26.8 Å². The van der Waals surface area contributed by atoms with Gasteiger partial charge >= 0.3 is 12.2 Å². The second kappa shape index (κ2) is 15.0. The van der Waals surface area contributed by atoms with Crippen LogP contribution >= 0.6 is 0 Å². The number of nitrogens with zero attached hydrogens (tertiary/aromatic N) is 2. The van der Waals surface area contributed by atoms with E-state index in [1.165, 1.54) is 4.90 Å². The van der Waals surface area contributed by atoms with Crippen LogP contribution in [0.2, 0.25) is 18.1 Å². The van der Waals surface area contributed by atoms with E-state index in [0.29, 0.717) is 5.57 Å². The molecule has 1 heterocycles. The molecule has 3 amide bonds. The Morgan fingerprint density at radius 3 is 1.96 bits per heavy atom. The monoisotopic (exact) mass is 713 g/mol. The number of fused-ring (bicyclic) bond motifs is 3. The smallest absolute Gasteiger partial charge is 0.435 e. The zero-order valence-corrected chi connectivity index (χ0v) is 32.0. The van der Waals surface area contributed by atoms with Crippen LogP contribution in [0.5, 0.6) is 0 Å². The van der Waals surface area contributed by atoms with E-state index in [2.05, 4.69) is 46.0 Å². The van der Waals surface area contributed by atoms with E-state index < -0.39 is 44.1 Å². The number of benzene rings is 3. The normalized spacial score (nSPS) is 17.6. The summed E-state index contributed by atoms with van der Waals surface area (Å²) < 4.78 is 18.4. The fourth-order valence-corrected chi connectivity index (χ4v) is 7.11. The molecule has 1 aliphatic carbocycles. The number of amides is 3. The number of primary amides is 1. The zero-order chi connectivity index (χ0) is 37.1. The van der Waals surface area contributed by atoms with Gasteiger partial charge in [0.25, 0.3) is 0 Å². The minimum atomic E-state index is -2.33. The molecule has 0 spiro atoms. The fraction of sp³-hybridized carbons (Fsp3) is 0.425. The van der Waals surface area contributed by atoms with Gasteiger partial charge in [-0.2, -0.15) is 5.06 Å². The molecule has 5 rings (SSSR count). The Morgan fingerprint density at radius 2 is 1.41 bits per heavy atom. The van der Waals surface area contributed by atoms with Crippen LogP contribution in [0.25, 0.3) is 11.1 Å². The van der Waals surface area contributed by atoms with Crippen molar-refractivity contribution in [1.29, 1.82) is 0 Å². The Labute approximate surface area is 302 Å². The molecular weight excluding hydrogens is 663 g/mol. The molecule has 0 bridgehead atoms. The van der Waals surface area contributed by atoms with Crippen LogP contribution in [0, 0.1) is 0 Å². The Kier molecular flexibility index (Phi) is 11.1. The lowest BCUT2D eigenvalue weighted by molar-refractivity contribution is -0.175. The maximum atomic E-state index is 14.2. The molecule has 0 saturated heterocycles. The van der Waals surface area contributed by atoms with Crippen LogP contribution in [0.1, 0.15) is 64.2 Å². The first-order valence-electron chi connectivity index (χ1n) is 17.4. The van der Waals surface area contributed by atoms with Crippen LogP contribution in [0.3, 0.4) is 0 Å². The predicted octanol–water partition coefficient (Wildman–Crippen LogP) is 7.79. The van der Waals surface area contributed by atoms with Gasteiger partial charge < -0.3 is 19.6 Å². The van der Waals surface area contributed by atoms with Crippen molar-refractivity contribution < 1.29 is 33.1 Å². The number of carbonyl (C=O) groups excluding carboxylic acids is 3. The van der Waals surface area contributed by atoms with Gasteiger partial charge in [-0.05, 0) is 72.3 Å². The SMILES string of the molecule is CC(C)(C)OC(=O)N(OCc1ccccc1)[C@@H]1C=C(CO[Si](C)(C)C(C)(C)C)C(C(N)=O)N(C(=O)OCC2c3ccccc3-c3ccccc32)C1. The summed E-state index contributed by atoms with van der Waals surface area (Å²) in [5.74, 6) is -0.931. The highest BCUT2D eigenvalue weighted by Crippen LogP contribution is 2.44. The van der Waals surface area contributed by atoms with Gasteiger partial charge in [0, 0.05) is 5.92 Å². The number of nitrogens with two attached hydrogens (primary N) is 1. The lowest BCUT2D eigenvalue weighted by Gasteiger charge is -2.42. The maximum absolute atomic E-state index is 14.2. The standard InChI is InChI=1S/C40H51N3O7Si/c1-39(2,3)50-38(46)43(48-24-27-16-10-9-11-17-27)29-22-28(25-49-51(7,8)40(4,5)6)35(36(41)44)42(23-29)37(45)47-26-34-32-20-14-12-18-30(32)31-19-13-15-21-33(31)34/h9-22,29,34-35H,23-26H2,1-8H3,(H2,41,44)/t29-,35?/m1/s1. The molecule has 3 aromatic rings. The largest absolute Gasteiger partial charge is 0.448 e. The van der Waals surface area contributed by atoms with Gasteiger partial charge in [0.2, 0.25) is 5.91 Å². The number of carbonyl (C=O) groups is 3. The summed E-state index contributed by atoms with van der Waals surface area (Å²) in [5.41, 5.74) is 10.8. The number of rotatable bonds is 10. The van der Waals surface area contributed by atoms with Crippen molar-refractivity contribution in [2.75, 3.05) is 19.8 Å². The second-order valence-corrected chi connectivity index (χ2v) is 20.5. The predicted molar refractivity (Wildman–Crippen MR) is 199 cm³/mol. The van der Waals surface area contributed by atoms with Crippen LogP contribution in [0.4, 0.5) is 9.59 Å². The Bertz CT molecular complexity index is 1720. The molecule has 2 atom stereocenters. The molecule has 10 nitrogen and oxygen atoms in total. The van der Waals surface area contributed by atoms with Gasteiger partial charge in [0.1, 0.15) is 24.9 Å². The first-order chi connectivity index (χ1) is 24.0. The third-order valence-electron chi connectivity index (χ3n) is 9.79. The molecule has 272 valence electrons. The summed E-state index contributed by atoms with van der Waals surface area (Å²) in [6.45, 7) is 15.8. The number of hydrogen-bond acceptors (Lipinski definition) is 7. The van der Waals surface area contributed by atoms with Crippen molar-refractivity contribution in [1.82, 2.24) is 9.96 Å². The summed E-state index contributed by atoms with van der Waals surface area (Å²) >= 11 is 0. The Morgan fingerprint density at radius 1 is 0.843 bits per heavy atom. The fourth-order valence-electron chi connectivity index (χ4n) is 6.15. The quantitative estimate of drug-likeness (QED) is 0.129. The van der Waals surface area contributed by atoms with Gasteiger partial charge in [-0.3, -0.25) is 14.5 Å². The number of ether oxygens (including phenoxy) is 2. The summed E-state index contributed by atoms with van der Waals surface area (Å²) in [4.78, 5) is 48.7. The summed E-state index contributed by atoms with van der Waals surface area (Å²) in [7, 11) is -2.33. The molecular formula is C40H51N3O7Si. The zero-order valence-electron chi connectivity index (χ0n) is 31.0. The van der Waals surface area contributed by atoms with Crippen LogP contribution in [-0.2, 0) is 30.1 Å². The molecule has 1 aliphatic heterocycles. The van der Waals surface area contributed by atoms with E-state index in [4.69, 9.17) is 24.5 Å². The van der Waals surface area contributed by atoms with Crippen LogP contribution in [0.15, 0.2) is 90.5 Å². The highest BCUT2D eigenvalue weighted by atomic mass is 28.4. The average Bonchev–Trinajstić information content (AvgIpc) is 3.38. The van der Waals surface area contributed by atoms with E-state index in [-0.39, 0.29) is 37.3 Å². The van der Waals surface area contributed by atoms with E-state index in [0.717, 1.165) is 32.9 Å². The Hall–Kier alpha value is -4.45. The van der Waals surface area contributed by atoms with Gasteiger partial charge in [0.05, 0.1) is 19.2 Å². The highest BCUT2D eigenvalue weighted by Gasteiger charge is 2.44. The maximum Gasteiger partial charge on any atom is 0.435 e. The molecule has 3 aromatic carbocycles. The lowest BCUT2D eigenvalue weighted by Crippen LogP contribution is -2.59. The topological polar surface area (TPSA) is 121 Å². The van der Waals surface area contributed by atoms with Gasteiger partial charge in [-0.15, -0.1) is 0 Å². The highest BCUT2D eigenvalue weighted by molar-refractivity contribution is 6.74. The van der Waals surface area contributed by atoms with Gasteiger partial charge in [-0.25, -0.2) is 9.59 Å². The third kappa shape index (κ3) is 8.72. The lowest BCUT2D eigenvalue weighted by atomic mass is 9.97. The molecule has 2 N–H and O–H groups in total. The van der Waals surface area contributed by atoms with E-state index in [9.17, 15) is 14.4 Å². The summed E-state index contributed by atoms with van der Waals surface area (Å²) in [6.07, 6.45) is 0.259. The van der Waals surface area contributed by atoms with Crippen molar-refractivity contribution in [3.05, 3.63) is 107 Å². The molecule has 0 saturated carbocycles. The van der Waals surface area contributed by atoms with E-state index in [1.807, 2.05) is 66.7 Å². The van der Waals surface area contributed by atoms with Crippen molar-refractivity contribution in [3.63, 3.8) is 0 Å². The summed E-state index contributed by atoms with van der Waals surface area (Å²) in [5, 5.41) is 1.00. The first kappa shape index (κ1) is 37.8. The molecule has 0 radical (unpaired) electrons. The third-order valence-corrected chi connectivity index (χ3v) is 14.3. The van der Waals surface area contributed by atoms with Crippen LogP contribution < -0.4 is 5.73 Å². The molecule has 1 unspecified atom stereocenters. The molecule has 0 aromatic heterocycles. The molecule has 11 heteroatoms. The minimum absolute atomic E-state index is 0.0224. The number of hydroxylamine groups is 2. The molecule has 51 heavy (non-hydrogen) atoms. The van der Waals surface area contributed by atoms with Crippen molar-refractivity contribution in [2.45, 2.75) is 89.9 Å². The molecule has 2 aliphatic rings. The van der Waals surface area contributed by atoms with Gasteiger partial charge in [0.15, 0.2) is 8.32 Å². The summed E-state index contributed by atoms with van der Waals surface area (Å²) in [6, 6.07) is 23.5.